The Bertz CT molecular complexity index is 431. The summed E-state index contributed by atoms with van der Waals surface area (Å²) in [7, 11) is 1.63. The molecule has 2 N–H and O–H groups in total. The molecular formula is C13H18N2O2. The molecule has 1 aromatic rings. The lowest BCUT2D eigenvalue weighted by Gasteiger charge is -2.16. The highest BCUT2D eigenvalue weighted by Crippen LogP contribution is 2.20. The molecule has 0 bridgehead atoms. The average Bonchev–Trinajstić information content (AvgIpc) is 2.75. The van der Waals surface area contributed by atoms with Gasteiger partial charge in [0.2, 0.25) is 0 Å². The molecule has 4 nitrogen and oxygen atoms in total. The maximum Gasteiger partial charge on any atom is 0.253 e. The Morgan fingerprint density at radius 2 is 2.29 bits per heavy atom. The number of hydrogen-bond acceptors (Lipinski definition) is 3. The number of likely N-dealkylation sites (tertiary alicyclic amines) is 1. The smallest absolute Gasteiger partial charge is 0.253 e. The molecule has 0 aromatic heterocycles. The number of amides is 1. The maximum absolute atomic E-state index is 12.2. The van der Waals surface area contributed by atoms with Gasteiger partial charge in [-0.15, -0.1) is 0 Å². The zero-order chi connectivity index (χ0) is 12.4. The molecule has 1 aromatic carbocycles. The lowest BCUT2D eigenvalue weighted by Crippen LogP contribution is -2.31. The quantitative estimate of drug-likeness (QED) is 0.836. The molecule has 0 saturated carbocycles. The summed E-state index contributed by atoms with van der Waals surface area (Å²) in [6.07, 6.45) is 0.890. The summed E-state index contributed by atoms with van der Waals surface area (Å²) in [6.45, 7) is 3.35. The minimum absolute atomic E-state index is 0.0590. The fourth-order valence-corrected chi connectivity index (χ4v) is 2.17. The number of aryl methyl sites for hydroxylation is 1. The standard InChI is InChI=1S/C13H18N2O2/c1-9-7-10(3-4-12(9)17-2)13(16)15-6-5-11(14)8-15/h3-4,7,11H,5-6,8,14H2,1-2H3/t11-/m0/s1. The maximum atomic E-state index is 12.2. The fraction of sp³-hybridized carbons (Fsp3) is 0.462. The first kappa shape index (κ1) is 11.9. The van der Waals surface area contributed by atoms with Crippen molar-refractivity contribution in [2.75, 3.05) is 20.2 Å². The van der Waals surface area contributed by atoms with E-state index in [1.54, 1.807) is 13.2 Å². The molecule has 17 heavy (non-hydrogen) atoms. The van der Waals surface area contributed by atoms with Crippen LogP contribution in [0.15, 0.2) is 18.2 Å². The molecule has 2 rings (SSSR count). The van der Waals surface area contributed by atoms with Gasteiger partial charge in [-0.1, -0.05) is 0 Å². The molecule has 92 valence electrons. The highest BCUT2D eigenvalue weighted by atomic mass is 16.5. The number of nitrogens with two attached hydrogens (primary N) is 1. The third-order valence-corrected chi connectivity index (χ3v) is 3.15. The van der Waals surface area contributed by atoms with E-state index in [9.17, 15) is 4.79 Å². The third kappa shape index (κ3) is 2.42. The first-order valence-electron chi connectivity index (χ1n) is 5.81. The summed E-state index contributed by atoms with van der Waals surface area (Å²) in [5, 5.41) is 0. The van der Waals surface area contributed by atoms with E-state index in [1.807, 2.05) is 24.0 Å². The van der Waals surface area contributed by atoms with Gasteiger partial charge in [0.25, 0.3) is 5.91 Å². The van der Waals surface area contributed by atoms with Crippen molar-refractivity contribution in [1.29, 1.82) is 0 Å². The monoisotopic (exact) mass is 234 g/mol. The van der Waals surface area contributed by atoms with E-state index >= 15 is 0 Å². The molecule has 1 saturated heterocycles. The van der Waals surface area contributed by atoms with Crippen molar-refractivity contribution in [2.45, 2.75) is 19.4 Å². The number of rotatable bonds is 2. The summed E-state index contributed by atoms with van der Waals surface area (Å²) in [4.78, 5) is 14.0. The van der Waals surface area contributed by atoms with Crippen LogP contribution >= 0.6 is 0 Å². The lowest BCUT2D eigenvalue weighted by molar-refractivity contribution is 0.0791. The van der Waals surface area contributed by atoms with Crippen molar-refractivity contribution < 1.29 is 9.53 Å². The Morgan fingerprint density at radius 3 is 2.82 bits per heavy atom. The van der Waals surface area contributed by atoms with Gasteiger partial charge in [-0.2, -0.15) is 0 Å². The number of carbonyl (C=O) groups excluding carboxylic acids is 1. The zero-order valence-corrected chi connectivity index (χ0v) is 10.3. The molecule has 1 fully saturated rings. The van der Waals surface area contributed by atoms with Crippen molar-refractivity contribution in [3.8, 4) is 5.75 Å². The molecular weight excluding hydrogens is 216 g/mol. The van der Waals surface area contributed by atoms with Gasteiger partial charge in [0.1, 0.15) is 5.75 Å². The second-order valence-electron chi connectivity index (χ2n) is 4.48. The van der Waals surface area contributed by atoms with Crippen molar-refractivity contribution >= 4 is 5.91 Å². The molecule has 1 aliphatic heterocycles. The number of nitrogens with zero attached hydrogens (tertiary/aromatic N) is 1. The van der Waals surface area contributed by atoms with Crippen LogP contribution in [-0.2, 0) is 0 Å². The summed E-state index contributed by atoms with van der Waals surface area (Å²) < 4.78 is 5.18. The normalized spacial score (nSPS) is 19.5. The lowest BCUT2D eigenvalue weighted by atomic mass is 10.1. The van der Waals surface area contributed by atoms with E-state index < -0.39 is 0 Å². The molecule has 1 atom stereocenters. The van der Waals surface area contributed by atoms with Crippen LogP contribution in [0.2, 0.25) is 0 Å². The molecule has 1 amide bonds. The zero-order valence-electron chi connectivity index (χ0n) is 10.3. The van der Waals surface area contributed by atoms with Gasteiger partial charge < -0.3 is 15.4 Å². The Kier molecular flexibility index (Phi) is 3.33. The van der Waals surface area contributed by atoms with Crippen molar-refractivity contribution in [1.82, 2.24) is 4.90 Å². The van der Waals surface area contributed by atoms with Crippen LogP contribution in [-0.4, -0.2) is 37.0 Å². The van der Waals surface area contributed by atoms with Crippen LogP contribution in [0.1, 0.15) is 22.3 Å². The second-order valence-corrected chi connectivity index (χ2v) is 4.48. The van der Waals surface area contributed by atoms with Gasteiger partial charge in [-0.3, -0.25) is 4.79 Å². The molecule has 0 aliphatic carbocycles. The van der Waals surface area contributed by atoms with Crippen LogP contribution in [0.5, 0.6) is 5.75 Å². The first-order valence-corrected chi connectivity index (χ1v) is 5.81. The largest absolute Gasteiger partial charge is 0.496 e. The highest BCUT2D eigenvalue weighted by Gasteiger charge is 2.24. The van der Waals surface area contributed by atoms with Gasteiger partial charge >= 0.3 is 0 Å². The third-order valence-electron chi connectivity index (χ3n) is 3.15. The van der Waals surface area contributed by atoms with Crippen LogP contribution in [0.3, 0.4) is 0 Å². The second kappa shape index (κ2) is 4.75. The highest BCUT2D eigenvalue weighted by molar-refractivity contribution is 5.94. The molecule has 0 spiro atoms. The van der Waals surface area contributed by atoms with E-state index in [-0.39, 0.29) is 11.9 Å². The fourth-order valence-electron chi connectivity index (χ4n) is 2.17. The van der Waals surface area contributed by atoms with Gasteiger partial charge in [-0.25, -0.2) is 0 Å². The van der Waals surface area contributed by atoms with Crippen molar-refractivity contribution in [3.05, 3.63) is 29.3 Å². The predicted molar refractivity (Wildman–Crippen MR) is 66.2 cm³/mol. The predicted octanol–water partition coefficient (Wildman–Crippen LogP) is 1.18. The first-order chi connectivity index (χ1) is 8.11. The van der Waals surface area contributed by atoms with E-state index in [1.165, 1.54) is 0 Å². The number of carbonyl (C=O) groups is 1. The Balaban J connectivity index is 2.17. The summed E-state index contributed by atoms with van der Waals surface area (Å²) in [6, 6.07) is 5.62. The number of ether oxygens (including phenoxy) is 1. The average molecular weight is 234 g/mol. The molecule has 0 unspecified atom stereocenters. The van der Waals surface area contributed by atoms with E-state index in [4.69, 9.17) is 10.5 Å². The van der Waals surface area contributed by atoms with Gasteiger partial charge in [0, 0.05) is 24.7 Å². The Hall–Kier alpha value is -1.55. The number of hydrogen-bond donors (Lipinski definition) is 1. The van der Waals surface area contributed by atoms with Gasteiger partial charge in [0.05, 0.1) is 7.11 Å². The van der Waals surface area contributed by atoms with E-state index in [0.29, 0.717) is 12.1 Å². The summed E-state index contributed by atoms with van der Waals surface area (Å²) in [5.41, 5.74) is 7.48. The van der Waals surface area contributed by atoms with Crippen LogP contribution in [0, 0.1) is 6.92 Å². The van der Waals surface area contributed by atoms with Crippen molar-refractivity contribution in [3.63, 3.8) is 0 Å². The van der Waals surface area contributed by atoms with Gasteiger partial charge in [-0.05, 0) is 37.1 Å². The van der Waals surface area contributed by atoms with Crippen LogP contribution in [0.4, 0.5) is 0 Å². The van der Waals surface area contributed by atoms with Crippen molar-refractivity contribution in [2.24, 2.45) is 5.73 Å². The summed E-state index contributed by atoms with van der Waals surface area (Å²) >= 11 is 0. The van der Waals surface area contributed by atoms with Crippen LogP contribution < -0.4 is 10.5 Å². The summed E-state index contributed by atoms with van der Waals surface area (Å²) in [5.74, 6) is 0.864. The number of benzene rings is 1. The minimum atomic E-state index is 0.0590. The SMILES string of the molecule is COc1ccc(C(=O)N2CC[C@H](N)C2)cc1C. The topological polar surface area (TPSA) is 55.6 Å². The molecule has 1 aliphatic rings. The Labute approximate surface area is 101 Å². The Morgan fingerprint density at radius 1 is 1.53 bits per heavy atom. The van der Waals surface area contributed by atoms with Gasteiger partial charge in [0.15, 0.2) is 0 Å². The molecule has 4 heteroatoms. The minimum Gasteiger partial charge on any atom is -0.496 e. The van der Waals surface area contributed by atoms with E-state index in [0.717, 1.165) is 24.3 Å². The van der Waals surface area contributed by atoms with E-state index in [2.05, 4.69) is 0 Å². The molecule has 1 heterocycles. The molecule has 0 radical (unpaired) electrons. The number of methoxy groups -OCH3 is 1. The van der Waals surface area contributed by atoms with Crippen LogP contribution in [0.25, 0.3) is 0 Å².